The number of nitrogens with one attached hydrogen (secondary N) is 1. The van der Waals surface area contributed by atoms with Gasteiger partial charge in [-0.05, 0) is 44.5 Å². The van der Waals surface area contributed by atoms with Crippen LogP contribution in [0.4, 0.5) is 4.39 Å². The van der Waals surface area contributed by atoms with Crippen LogP contribution in [0.5, 0.6) is 0 Å². The highest BCUT2D eigenvalue weighted by atomic mass is 19.1. The molecule has 0 saturated heterocycles. The third kappa shape index (κ3) is 4.29. The Labute approximate surface area is 116 Å². The molecule has 0 unspecified atom stereocenters. The molecule has 1 fully saturated rings. The van der Waals surface area contributed by atoms with Crippen molar-refractivity contribution < 1.29 is 4.39 Å². The summed E-state index contributed by atoms with van der Waals surface area (Å²) in [7, 11) is 1.92. The summed E-state index contributed by atoms with van der Waals surface area (Å²) in [6.45, 7) is 4.86. The van der Waals surface area contributed by atoms with Crippen LogP contribution in [0, 0.1) is 5.82 Å². The van der Waals surface area contributed by atoms with Crippen molar-refractivity contribution in [3.8, 4) is 0 Å². The summed E-state index contributed by atoms with van der Waals surface area (Å²) < 4.78 is 13.9. The van der Waals surface area contributed by atoms with Crippen LogP contribution in [-0.2, 0) is 13.1 Å². The van der Waals surface area contributed by atoms with Crippen LogP contribution in [0.2, 0.25) is 0 Å². The molecule has 2 rings (SSSR count). The molecule has 19 heavy (non-hydrogen) atoms. The van der Waals surface area contributed by atoms with Gasteiger partial charge >= 0.3 is 0 Å². The summed E-state index contributed by atoms with van der Waals surface area (Å²) >= 11 is 0. The molecule has 0 atom stereocenters. The van der Waals surface area contributed by atoms with Crippen LogP contribution in [0.15, 0.2) is 18.2 Å². The van der Waals surface area contributed by atoms with Gasteiger partial charge in [0.1, 0.15) is 5.82 Å². The van der Waals surface area contributed by atoms with E-state index >= 15 is 0 Å². The second-order valence-corrected chi connectivity index (χ2v) is 5.51. The van der Waals surface area contributed by atoms with Crippen molar-refractivity contribution in [2.45, 2.75) is 51.7 Å². The maximum atomic E-state index is 13.9. The van der Waals surface area contributed by atoms with Gasteiger partial charge in [0.05, 0.1) is 0 Å². The quantitative estimate of drug-likeness (QED) is 0.775. The van der Waals surface area contributed by atoms with Gasteiger partial charge in [-0.2, -0.15) is 0 Å². The highest BCUT2D eigenvalue weighted by Gasteiger charge is 2.28. The highest BCUT2D eigenvalue weighted by Crippen LogP contribution is 2.29. The molecule has 1 aromatic carbocycles. The second-order valence-electron chi connectivity index (χ2n) is 5.51. The van der Waals surface area contributed by atoms with Crippen LogP contribution in [-0.4, -0.2) is 24.5 Å². The molecule has 0 amide bonds. The van der Waals surface area contributed by atoms with E-state index in [2.05, 4.69) is 17.1 Å². The molecular formula is C16H25FN2. The SMILES string of the molecule is CCCCN(Cc1cc(CNC)ccc1F)C1CC1. The lowest BCUT2D eigenvalue weighted by Gasteiger charge is -2.22. The molecule has 0 aliphatic heterocycles. The fourth-order valence-electron chi connectivity index (χ4n) is 2.47. The first-order valence-corrected chi connectivity index (χ1v) is 7.40. The van der Waals surface area contributed by atoms with E-state index < -0.39 is 0 Å². The Bertz CT molecular complexity index is 402. The van der Waals surface area contributed by atoms with Gasteiger partial charge in [-0.15, -0.1) is 0 Å². The van der Waals surface area contributed by atoms with E-state index in [1.807, 2.05) is 19.2 Å². The molecule has 106 valence electrons. The zero-order chi connectivity index (χ0) is 13.7. The molecule has 0 heterocycles. The Kier molecular flexibility index (Phi) is 5.34. The van der Waals surface area contributed by atoms with E-state index in [9.17, 15) is 4.39 Å². The summed E-state index contributed by atoms with van der Waals surface area (Å²) in [6.07, 6.45) is 4.96. The number of rotatable bonds is 8. The van der Waals surface area contributed by atoms with Gasteiger partial charge in [0, 0.05) is 24.7 Å². The van der Waals surface area contributed by atoms with Gasteiger partial charge in [-0.25, -0.2) is 4.39 Å². The van der Waals surface area contributed by atoms with Crippen molar-refractivity contribution in [3.63, 3.8) is 0 Å². The van der Waals surface area contributed by atoms with Gasteiger partial charge < -0.3 is 5.32 Å². The maximum absolute atomic E-state index is 13.9. The molecule has 1 aliphatic carbocycles. The lowest BCUT2D eigenvalue weighted by molar-refractivity contribution is 0.247. The van der Waals surface area contributed by atoms with Crippen LogP contribution in [0.1, 0.15) is 43.7 Å². The van der Waals surface area contributed by atoms with Crippen molar-refractivity contribution in [2.24, 2.45) is 0 Å². The first-order valence-electron chi connectivity index (χ1n) is 7.40. The molecule has 1 N–H and O–H groups in total. The fourth-order valence-corrected chi connectivity index (χ4v) is 2.47. The van der Waals surface area contributed by atoms with E-state index in [-0.39, 0.29) is 5.82 Å². The van der Waals surface area contributed by atoms with Crippen molar-refractivity contribution in [3.05, 3.63) is 35.1 Å². The summed E-state index contributed by atoms with van der Waals surface area (Å²) in [5, 5.41) is 3.12. The second kappa shape index (κ2) is 7.01. The normalized spacial score (nSPS) is 15.2. The smallest absolute Gasteiger partial charge is 0.127 e. The molecule has 0 bridgehead atoms. The van der Waals surface area contributed by atoms with Crippen LogP contribution in [0.25, 0.3) is 0 Å². The molecule has 1 saturated carbocycles. The minimum absolute atomic E-state index is 0.0676. The van der Waals surface area contributed by atoms with Gasteiger partial charge in [0.2, 0.25) is 0 Å². The molecule has 3 heteroatoms. The largest absolute Gasteiger partial charge is 0.316 e. The van der Waals surface area contributed by atoms with Crippen molar-refractivity contribution in [1.82, 2.24) is 10.2 Å². The molecule has 0 radical (unpaired) electrons. The van der Waals surface area contributed by atoms with E-state index in [0.717, 1.165) is 30.8 Å². The topological polar surface area (TPSA) is 15.3 Å². The molecule has 0 aromatic heterocycles. The van der Waals surface area contributed by atoms with E-state index in [0.29, 0.717) is 6.04 Å². The van der Waals surface area contributed by atoms with E-state index in [1.54, 1.807) is 6.07 Å². The molecule has 2 nitrogen and oxygen atoms in total. The number of unbranched alkanes of at least 4 members (excludes halogenated alkanes) is 1. The van der Waals surface area contributed by atoms with E-state index in [1.165, 1.54) is 25.7 Å². The van der Waals surface area contributed by atoms with Gasteiger partial charge in [0.15, 0.2) is 0 Å². The molecule has 0 spiro atoms. The van der Waals surface area contributed by atoms with Crippen LogP contribution < -0.4 is 5.32 Å². The van der Waals surface area contributed by atoms with Gasteiger partial charge in [0.25, 0.3) is 0 Å². The van der Waals surface area contributed by atoms with Gasteiger partial charge in [-0.3, -0.25) is 4.90 Å². The Morgan fingerprint density at radius 2 is 2.16 bits per heavy atom. The third-order valence-corrected chi connectivity index (χ3v) is 3.73. The van der Waals surface area contributed by atoms with Crippen molar-refractivity contribution in [1.29, 1.82) is 0 Å². The fraction of sp³-hybridized carbons (Fsp3) is 0.625. The minimum atomic E-state index is -0.0676. The lowest BCUT2D eigenvalue weighted by atomic mass is 10.1. The Balaban J connectivity index is 2.04. The zero-order valence-corrected chi connectivity index (χ0v) is 12.1. The summed E-state index contributed by atoms with van der Waals surface area (Å²) in [5.41, 5.74) is 2.00. The Hall–Kier alpha value is -0.930. The van der Waals surface area contributed by atoms with E-state index in [4.69, 9.17) is 0 Å². The lowest BCUT2D eigenvalue weighted by Crippen LogP contribution is -2.27. The summed E-state index contributed by atoms with van der Waals surface area (Å²) in [6, 6.07) is 6.17. The molecular weight excluding hydrogens is 239 g/mol. The molecule has 1 aromatic rings. The maximum Gasteiger partial charge on any atom is 0.127 e. The van der Waals surface area contributed by atoms with Crippen LogP contribution >= 0.6 is 0 Å². The Morgan fingerprint density at radius 3 is 2.79 bits per heavy atom. The third-order valence-electron chi connectivity index (χ3n) is 3.73. The first kappa shape index (κ1) is 14.5. The summed E-state index contributed by atoms with van der Waals surface area (Å²) in [4.78, 5) is 2.45. The standard InChI is InChI=1S/C16H25FN2/c1-3-4-9-19(15-6-7-15)12-14-10-13(11-18-2)5-8-16(14)17/h5,8,10,15,18H,3-4,6-7,9,11-12H2,1-2H3. The average Bonchev–Trinajstić information content (AvgIpc) is 3.22. The van der Waals surface area contributed by atoms with Crippen LogP contribution in [0.3, 0.4) is 0 Å². The number of nitrogens with zero attached hydrogens (tertiary/aromatic N) is 1. The number of hydrogen-bond acceptors (Lipinski definition) is 2. The number of halogens is 1. The predicted octanol–water partition coefficient (Wildman–Crippen LogP) is 3.31. The van der Waals surface area contributed by atoms with Crippen molar-refractivity contribution >= 4 is 0 Å². The predicted molar refractivity (Wildman–Crippen MR) is 77.5 cm³/mol. The first-order chi connectivity index (χ1) is 9.24. The molecule has 1 aliphatic rings. The Morgan fingerprint density at radius 1 is 1.37 bits per heavy atom. The zero-order valence-electron chi connectivity index (χ0n) is 12.1. The monoisotopic (exact) mass is 264 g/mol. The minimum Gasteiger partial charge on any atom is -0.316 e. The van der Waals surface area contributed by atoms with Crippen molar-refractivity contribution in [2.75, 3.05) is 13.6 Å². The summed E-state index contributed by atoms with van der Waals surface area (Å²) in [5.74, 6) is -0.0676. The number of benzene rings is 1. The highest BCUT2D eigenvalue weighted by molar-refractivity contribution is 5.25. The average molecular weight is 264 g/mol. The number of hydrogen-bond donors (Lipinski definition) is 1. The van der Waals surface area contributed by atoms with Gasteiger partial charge in [-0.1, -0.05) is 25.5 Å².